The maximum absolute atomic E-state index is 3.32. The van der Waals surface area contributed by atoms with Crippen molar-refractivity contribution in [1.29, 1.82) is 0 Å². The minimum Gasteiger partial charge on any atom is -0.310 e. The third kappa shape index (κ3) is 8.94. The predicted octanol–water partition coefficient (Wildman–Crippen LogP) is 16.1. The Morgan fingerprint density at radius 1 is 0.250 bits per heavy atom. The van der Waals surface area contributed by atoms with Crippen LogP contribution in [0.1, 0.15) is 105 Å². The zero-order chi connectivity index (χ0) is 68.6. The van der Waals surface area contributed by atoms with E-state index in [0.29, 0.717) is 0 Å². The van der Waals surface area contributed by atoms with Crippen LogP contribution in [0.2, 0.25) is 0 Å². The van der Waals surface area contributed by atoms with Crippen LogP contribution in [0.3, 0.4) is 0 Å². The molecule has 0 bridgehead atoms. The van der Waals surface area contributed by atoms with Gasteiger partial charge >= 0.3 is 0 Å². The molecule has 6 heteroatoms. The number of aromatic nitrogens is 3. The van der Waals surface area contributed by atoms with Crippen molar-refractivity contribution in [3.05, 3.63) is 313 Å². The molecule has 0 radical (unpaired) electrons. The Balaban J connectivity index is 1.11. The molecule has 0 saturated heterocycles. The summed E-state index contributed by atoms with van der Waals surface area (Å²) in [6, 6.07) is 115. The Kier molecular flexibility index (Phi) is 13.7. The quantitative estimate of drug-likeness (QED) is 0.101. The van der Waals surface area contributed by atoms with Gasteiger partial charge in [0.15, 0.2) is 16.1 Å². The minimum absolute atomic E-state index is 0.0745. The fourth-order valence-electron chi connectivity index (χ4n) is 18.0. The summed E-state index contributed by atoms with van der Waals surface area (Å²) in [4.78, 5) is 0. The van der Waals surface area contributed by atoms with E-state index < -0.39 is 16.1 Å². The van der Waals surface area contributed by atoms with Crippen molar-refractivity contribution in [3.63, 3.8) is 0 Å². The summed E-state index contributed by atoms with van der Waals surface area (Å²) in [5.41, 5.74) is 20.2. The van der Waals surface area contributed by atoms with Crippen molar-refractivity contribution in [2.24, 2.45) is 0 Å². The molecule has 0 amide bonds. The van der Waals surface area contributed by atoms with E-state index >= 15 is 0 Å². The summed E-state index contributed by atoms with van der Waals surface area (Å²) in [5.74, 6) is 0. The van der Waals surface area contributed by atoms with Gasteiger partial charge in [-0.3, -0.25) is 0 Å². The van der Waals surface area contributed by atoms with Crippen LogP contribution >= 0.6 is 0 Å². The number of hydrogen-bond acceptors (Lipinski definition) is 0. The largest absolute Gasteiger partial charge is 0.310 e. The lowest BCUT2D eigenvalue weighted by molar-refractivity contribution is 0.590. The van der Waals surface area contributed by atoms with E-state index in [1.807, 2.05) is 0 Å². The van der Waals surface area contributed by atoms with Crippen LogP contribution in [-0.2, 0) is 21.7 Å². The molecular formula is C94H84BN3Si2. The van der Waals surface area contributed by atoms with Crippen LogP contribution in [0.5, 0.6) is 0 Å². The maximum atomic E-state index is 2.84. The molecule has 18 rings (SSSR count). The molecule has 3 aromatic heterocycles. The lowest BCUT2D eigenvalue weighted by Gasteiger charge is -2.37. The van der Waals surface area contributed by atoms with Gasteiger partial charge in [0.2, 0.25) is 0 Å². The molecule has 2 aliphatic heterocycles. The zero-order valence-corrected chi connectivity index (χ0v) is 61.6. The molecule has 3 nitrogen and oxygen atoms in total. The van der Waals surface area contributed by atoms with Gasteiger partial charge in [0.05, 0.1) is 27.8 Å². The normalized spacial score (nSPS) is 13.4. The highest BCUT2D eigenvalue weighted by atomic mass is 28.3. The van der Waals surface area contributed by atoms with Gasteiger partial charge in [-0.05, 0) is 150 Å². The second-order valence-electron chi connectivity index (χ2n) is 32.8. The third-order valence-corrected chi connectivity index (χ3v) is 32.5. The Hall–Kier alpha value is -10.2. The van der Waals surface area contributed by atoms with E-state index in [9.17, 15) is 0 Å². The first kappa shape index (κ1) is 62.0. The van der Waals surface area contributed by atoms with Crippen LogP contribution in [-0.4, -0.2) is 36.6 Å². The average molecular weight is 1320 g/mol. The van der Waals surface area contributed by atoms with Crippen LogP contribution in [0.15, 0.2) is 291 Å². The number of para-hydroxylation sites is 2. The summed E-state index contributed by atoms with van der Waals surface area (Å²) in [6.07, 6.45) is 0. The SMILES string of the molecule is CC(C)(C)c1ccc2c(c1)c1cc(C(C)(C)C)cc3c1n2-c1cc(-n2c4c([Si](c5ccccc5)(c5ccccc5)c5ccccc5)cccc4c4cccc([Si](c5ccccc5)(c5ccccc5)c5ccccc5)c42)cc2c1B3c1cc(C(C)(C)C)cc3c4cc(C(C)(C)C)ccc4n-2c13. The molecular weight excluding hydrogens is 1240 g/mol. The number of nitrogens with zero attached hydrogens (tertiary/aromatic N) is 3. The van der Waals surface area contributed by atoms with Crippen LogP contribution in [0.4, 0.5) is 0 Å². The Morgan fingerprint density at radius 2 is 0.550 bits per heavy atom. The van der Waals surface area contributed by atoms with Gasteiger partial charge in [-0.15, -0.1) is 0 Å². The van der Waals surface area contributed by atoms with Crippen LogP contribution < -0.4 is 57.9 Å². The zero-order valence-electron chi connectivity index (χ0n) is 59.6. The molecule has 2 aliphatic rings. The Bertz CT molecular complexity index is 5420. The van der Waals surface area contributed by atoms with Crippen molar-refractivity contribution in [2.75, 3.05) is 0 Å². The van der Waals surface area contributed by atoms with Gasteiger partial charge in [0.25, 0.3) is 6.71 Å². The van der Waals surface area contributed by atoms with Gasteiger partial charge in [-0.1, -0.05) is 326 Å². The third-order valence-electron chi connectivity index (χ3n) is 22.9. The second-order valence-corrected chi connectivity index (χ2v) is 40.4. The van der Waals surface area contributed by atoms with Crippen molar-refractivity contribution in [2.45, 2.75) is 105 Å². The van der Waals surface area contributed by atoms with Crippen molar-refractivity contribution in [1.82, 2.24) is 13.7 Å². The summed E-state index contributed by atoms with van der Waals surface area (Å²) >= 11 is 0. The highest BCUT2D eigenvalue weighted by Gasteiger charge is 2.48. The standard InChI is InChI=1S/C94H84BN3Si2/c1-91(2,3)61-49-51-80-74(53-61)76-55-63(93(7,8)9)57-78-87(76)97(80)82-59-65(60-83-86(82)95(78)79-58-64(94(10,11)12)56-77-75-54-62(92(4,5)6)50-52-81(75)98(83)88(77)79)96-89-72(45-31-47-84(89)99(66-33-19-13-20-34-66,67-35-21-14-22-36-67)68-37-23-15-24-38-68)73-46-32-48-85(90(73)96)100(69-39-25-16-26-40-69,70-41-27-17-28-42-70)71-43-29-18-30-44-71/h13-60H,1-12H3. The molecule has 0 fully saturated rings. The fourth-order valence-corrected chi connectivity index (χ4v) is 27.9. The number of benzene rings is 13. The van der Waals surface area contributed by atoms with Gasteiger partial charge in [0, 0.05) is 54.7 Å². The maximum Gasteiger partial charge on any atom is 0.252 e. The van der Waals surface area contributed by atoms with E-state index in [0.717, 1.165) is 5.69 Å². The number of rotatable bonds is 9. The van der Waals surface area contributed by atoms with Gasteiger partial charge < -0.3 is 13.7 Å². The first-order valence-electron chi connectivity index (χ1n) is 36.0. The van der Waals surface area contributed by atoms with E-state index in [1.165, 1.54) is 157 Å². The van der Waals surface area contributed by atoms with Crippen molar-refractivity contribution < 1.29 is 0 Å². The molecule has 0 spiro atoms. The molecule has 486 valence electrons. The summed E-state index contributed by atoms with van der Waals surface area (Å²) in [5, 5.41) is 18.4. The van der Waals surface area contributed by atoms with Gasteiger partial charge in [-0.25, -0.2) is 0 Å². The molecule has 0 saturated carbocycles. The lowest BCUT2D eigenvalue weighted by Crippen LogP contribution is -2.75. The topological polar surface area (TPSA) is 14.8 Å². The average Bonchev–Trinajstić information content (AvgIpc) is 1.44. The Labute approximate surface area is 591 Å². The number of fused-ring (bicyclic) bond motifs is 13. The van der Waals surface area contributed by atoms with Crippen LogP contribution in [0, 0.1) is 0 Å². The molecule has 0 aliphatic carbocycles. The molecule has 0 N–H and O–H groups in total. The van der Waals surface area contributed by atoms with E-state index in [1.54, 1.807) is 0 Å². The van der Waals surface area contributed by atoms with E-state index in [2.05, 4.69) is 388 Å². The van der Waals surface area contributed by atoms with Gasteiger partial charge in [0.1, 0.15) is 0 Å². The predicted molar refractivity (Wildman–Crippen MR) is 436 cm³/mol. The first-order chi connectivity index (χ1) is 48.2. The lowest BCUT2D eigenvalue weighted by atomic mass is 9.34. The molecule has 0 atom stereocenters. The second kappa shape index (κ2) is 22.1. The smallest absolute Gasteiger partial charge is 0.252 e. The van der Waals surface area contributed by atoms with Crippen molar-refractivity contribution >= 4 is 146 Å². The Morgan fingerprint density at radius 3 is 0.850 bits per heavy atom. The molecule has 16 aromatic rings. The minimum atomic E-state index is -3.32. The molecule has 5 heterocycles. The molecule has 13 aromatic carbocycles. The highest BCUT2D eigenvalue weighted by molar-refractivity contribution is 7.21. The highest BCUT2D eigenvalue weighted by Crippen LogP contribution is 2.45. The van der Waals surface area contributed by atoms with Crippen LogP contribution in [0.25, 0.3) is 82.5 Å². The summed E-state index contributed by atoms with van der Waals surface area (Å²) < 4.78 is 8.31. The number of hydrogen-bond donors (Lipinski definition) is 0. The fraction of sp³-hybridized carbons (Fsp3) is 0.170. The summed E-state index contributed by atoms with van der Waals surface area (Å²) in [6.45, 7) is 28.5. The summed E-state index contributed by atoms with van der Waals surface area (Å²) in [7, 11) is -6.65. The first-order valence-corrected chi connectivity index (χ1v) is 40.0. The van der Waals surface area contributed by atoms with Crippen molar-refractivity contribution in [3.8, 4) is 17.1 Å². The van der Waals surface area contributed by atoms with E-state index in [-0.39, 0.29) is 28.4 Å². The monoisotopic (exact) mass is 1320 g/mol. The van der Waals surface area contributed by atoms with E-state index in [4.69, 9.17) is 0 Å². The molecule has 100 heavy (non-hydrogen) atoms. The van der Waals surface area contributed by atoms with Gasteiger partial charge in [-0.2, -0.15) is 0 Å². The molecule has 0 unspecified atom stereocenters.